The Morgan fingerprint density at radius 2 is 2.31 bits per heavy atom. The molecule has 88 valence electrons. The van der Waals surface area contributed by atoms with Crippen LogP contribution in [0.1, 0.15) is 30.9 Å². The van der Waals surface area contributed by atoms with Crippen LogP contribution in [0, 0.1) is 0 Å². The summed E-state index contributed by atoms with van der Waals surface area (Å²) in [5, 5.41) is 0.265. The Kier molecular flexibility index (Phi) is 4.15. The van der Waals surface area contributed by atoms with Crippen LogP contribution in [0.25, 0.3) is 0 Å². The standard InChI is InChI=1S/C13H16BrClO/c1-9(15)3-2-4-10-7-12(14)8-11-5-6-16-13(10)11/h7-9H,2-6H2,1H3. The number of alkyl halides is 1. The summed E-state index contributed by atoms with van der Waals surface area (Å²) >= 11 is 9.51. The van der Waals surface area contributed by atoms with E-state index in [1.54, 1.807) is 0 Å². The fourth-order valence-electron chi connectivity index (χ4n) is 2.11. The molecule has 16 heavy (non-hydrogen) atoms. The minimum absolute atomic E-state index is 0.265. The predicted octanol–water partition coefficient (Wildman–Crippen LogP) is 4.33. The Labute approximate surface area is 110 Å². The van der Waals surface area contributed by atoms with E-state index in [2.05, 4.69) is 28.1 Å². The molecule has 1 heterocycles. The van der Waals surface area contributed by atoms with Crippen molar-refractivity contribution in [3.05, 3.63) is 27.7 Å². The minimum Gasteiger partial charge on any atom is -0.493 e. The summed E-state index contributed by atoms with van der Waals surface area (Å²) in [6.07, 6.45) is 4.27. The molecule has 1 aliphatic rings. The van der Waals surface area contributed by atoms with E-state index >= 15 is 0 Å². The monoisotopic (exact) mass is 302 g/mol. The first-order valence-corrected chi connectivity index (χ1v) is 6.98. The number of aryl methyl sites for hydroxylation is 1. The molecule has 0 N–H and O–H groups in total. The van der Waals surface area contributed by atoms with Gasteiger partial charge in [0, 0.05) is 16.3 Å². The third kappa shape index (κ3) is 2.92. The second kappa shape index (κ2) is 5.42. The van der Waals surface area contributed by atoms with Gasteiger partial charge in [-0.1, -0.05) is 15.9 Å². The topological polar surface area (TPSA) is 9.23 Å². The molecule has 0 aliphatic carbocycles. The lowest BCUT2D eigenvalue weighted by molar-refractivity contribution is 0.353. The summed E-state index contributed by atoms with van der Waals surface area (Å²) in [5.74, 6) is 1.12. The van der Waals surface area contributed by atoms with Crippen molar-refractivity contribution < 1.29 is 4.74 Å². The third-order valence-electron chi connectivity index (χ3n) is 2.87. The zero-order valence-corrected chi connectivity index (χ0v) is 11.8. The second-order valence-corrected chi connectivity index (χ2v) is 5.99. The normalized spacial score (nSPS) is 15.7. The highest BCUT2D eigenvalue weighted by Gasteiger charge is 2.17. The molecule has 1 nitrogen and oxygen atoms in total. The molecule has 0 radical (unpaired) electrons. The van der Waals surface area contributed by atoms with E-state index in [-0.39, 0.29) is 5.38 Å². The number of hydrogen-bond donors (Lipinski definition) is 0. The first kappa shape index (κ1) is 12.3. The average molecular weight is 304 g/mol. The Bertz CT molecular complexity index is 376. The van der Waals surface area contributed by atoms with Gasteiger partial charge in [-0.2, -0.15) is 0 Å². The molecule has 0 saturated carbocycles. The Morgan fingerprint density at radius 1 is 1.50 bits per heavy atom. The summed E-state index contributed by atoms with van der Waals surface area (Å²) in [4.78, 5) is 0. The number of ether oxygens (including phenoxy) is 1. The van der Waals surface area contributed by atoms with Crippen molar-refractivity contribution in [1.29, 1.82) is 0 Å². The van der Waals surface area contributed by atoms with Crippen LogP contribution in [0.4, 0.5) is 0 Å². The maximum absolute atomic E-state index is 5.95. The lowest BCUT2D eigenvalue weighted by Crippen LogP contribution is -1.96. The van der Waals surface area contributed by atoms with Crippen molar-refractivity contribution >= 4 is 27.5 Å². The fourth-order valence-corrected chi connectivity index (χ4v) is 2.81. The van der Waals surface area contributed by atoms with E-state index in [1.807, 2.05) is 6.92 Å². The largest absolute Gasteiger partial charge is 0.493 e. The summed E-state index contributed by atoms with van der Waals surface area (Å²) < 4.78 is 6.85. The van der Waals surface area contributed by atoms with Gasteiger partial charge in [0.05, 0.1) is 6.61 Å². The lowest BCUT2D eigenvalue weighted by Gasteiger charge is -2.09. The van der Waals surface area contributed by atoms with E-state index in [0.29, 0.717) is 0 Å². The van der Waals surface area contributed by atoms with Gasteiger partial charge in [-0.3, -0.25) is 0 Å². The predicted molar refractivity (Wildman–Crippen MR) is 71.6 cm³/mol. The molecule has 0 amide bonds. The summed E-state index contributed by atoms with van der Waals surface area (Å²) in [6.45, 7) is 2.87. The molecule has 2 rings (SSSR count). The first-order valence-electron chi connectivity index (χ1n) is 5.75. The van der Waals surface area contributed by atoms with Gasteiger partial charge in [0.1, 0.15) is 5.75 Å². The van der Waals surface area contributed by atoms with Crippen molar-refractivity contribution in [3.63, 3.8) is 0 Å². The molecular formula is C13H16BrClO. The van der Waals surface area contributed by atoms with Crippen LogP contribution in [0.5, 0.6) is 5.75 Å². The van der Waals surface area contributed by atoms with Crippen molar-refractivity contribution in [3.8, 4) is 5.75 Å². The molecule has 1 unspecified atom stereocenters. The van der Waals surface area contributed by atoms with E-state index in [4.69, 9.17) is 16.3 Å². The van der Waals surface area contributed by atoms with Crippen molar-refractivity contribution in [1.82, 2.24) is 0 Å². The third-order valence-corrected chi connectivity index (χ3v) is 3.55. The summed E-state index contributed by atoms with van der Waals surface area (Å²) in [6, 6.07) is 4.33. The molecule has 0 spiro atoms. The zero-order valence-electron chi connectivity index (χ0n) is 9.43. The second-order valence-electron chi connectivity index (χ2n) is 4.32. The van der Waals surface area contributed by atoms with Crippen LogP contribution >= 0.6 is 27.5 Å². The van der Waals surface area contributed by atoms with Gasteiger partial charge in [0.2, 0.25) is 0 Å². The molecule has 1 atom stereocenters. The number of rotatable bonds is 4. The molecule has 1 aromatic carbocycles. The van der Waals surface area contributed by atoms with Crippen LogP contribution in [0.15, 0.2) is 16.6 Å². The number of benzene rings is 1. The average Bonchev–Trinajstić information content (AvgIpc) is 2.64. The highest BCUT2D eigenvalue weighted by molar-refractivity contribution is 9.10. The fraction of sp³-hybridized carbons (Fsp3) is 0.538. The minimum atomic E-state index is 0.265. The molecule has 3 heteroatoms. The highest BCUT2D eigenvalue weighted by Crippen LogP contribution is 2.33. The maximum Gasteiger partial charge on any atom is 0.125 e. The van der Waals surface area contributed by atoms with Crippen LogP contribution in [-0.2, 0) is 12.8 Å². The number of halogens is 2. The molecule has 1 aromatic rings. The van der Waals surface area contributed by atoms with Crippen LogP contribution in [-0.4, -0.2) is 12.0 Å². The lowest BCUT2D eigenvalue weighted by atomic mass is 10.0. The molecule has 0 fully saturated rings. The number of hydrogen-bond acceptors (Lipinski definition) is 1. The van der Waals surface area contributed by atoms with Crippen LogP contribution in [0.3, 0.4) is 0 Å². The smallest absolute Gasteiger partial charge is 0.125 e. The Balaban J connectivity index is 2.08. The molecule has 0 saturated heterocycles. The molecule has 1 aliphatic heterocycles. The molecule has 0 bridgehead atoms. The Morgan fingerprint density at radius 3 is 3.06 bits per heavy atom. The van der Waals surface area contributed by atoms with Crippen LogP contribution < -0.4 is 4.74 Å². The van der Waals surface area contributed by atoms with Crippen molar-refractivity contribution in [2.75, 3.05) is 6.61 Å². The van der Waals surface area contributed by atoms with Gasteiger partial charge in [-0.25, -0.2) is 0 Å². The SMILES string of the molecule is CC(Cl)CCCc1cc(Br)cc2c1OCC2. The van der Waals surface area contributed by atoms with E-state index < -0.39 is 0 Å². The highest BCUT2D eigenvalue weighted by atomic mass is 79.9. The van der Waals surface area contributed by atoms with Gasteiger partial charge < -0.3 is 4.74 Å². The summed E-state index contributed by atoms with van der Waals surface area (Å²) in [5.41, 5.74) is 2.66. The number of fused-ring (bicyclic) bond motifs is 1. The zero-order chi connectivity index (χ0) is 11.5. The van der Waals surface area contributed by atoms with Gasteiger partial charge in [-0.15, -0.1) is 11.6 Å². The molecule has 0 aromatic heterocycles. The van der Waals surface area contributed by atoms with Crippen molar-refractivity contribution in [2.45, 2.75) is 38.0 Å². The maximum atomic E-state index is 5.95. The van der Waals surface area contributed by atoms with Crippen LogP contribution in [0.2, 0.25) is 0 Å². The van der Waals surface area contributed by atoms with E-state index in [9.17, 15) is 0 Å². The van der Waals surface area contributed by atoms with Gasteiger partial charge >= 0.3 is 0 Å². The molecular weight excluding hydrogens is 287 g/mol. The van der Waals surface area contributed by atoms with Gasteiger partial charge in [-0.05, 0) is 49.4 Å². The quantitative estimate of drug-likeness (QED) is 0.752. The first-order chi connectivity index (χ1) is 7.66. The van der Waals surface area contributed by atoms with E-state index in [1.165, 1.54) is 11.1 Å². The van der Waals surface area contributed by atoms with Crippen molar-refractivity contribution in [2.24, 2.45) is 0 Å². The van der Waals surface area contributed by atoms with E-state index in [0.717, 1.165) is 42.5 Å². The Hall–Kier alpha value is -0.210. The summed E-state index contributed by atoms with van der Waals surface area (Å²) in [7, 11) is 0. The van der Waals surface area contributed by atoms with Gasteiger partial charge in [0.15, 0.2) is 0 Å². The van der Waals surface area contributed by atoms with Gasteiger partial charge in [0.25, 0.3) is 0 Å².